The van der Waals surface area contributed by atoms with Crippen molar-refractivity contribution >= 4 is 17.7 Å². The van der Waals surface area contributed by atoms with Crippen molar-refractivity contribution in [1.82, 2.24) is 9.97 Å². The molecule has 0 aliphatic heterocycles. The Balaban J connectivity index is 2.24. The van der Waals surface area contributed by atoms with Crippen molar-refractivity contribution in [2.75, 3.05) is 5.75 Å². The van der Waals surface area contributed by atoms with Gasteiger partial charge in [0.25, 0.3) is 0 Å². The van der Waals surface area contributed by atoms with Crippen molar-refractivity contribution in [3.05, 3.63) is 17.1 Å². The molecular formula is C14H20N2O3S. The van der Waals surface area contributed by atoms with E-state index in [4.69, 9.17) is 0 Å². The SMILES string of the molecule is CCc1nc(C)c(C(=O)O)c(SCC2(O)CCCC2)n1. The summed E-state index contributed by atoms with van der Waals surface area (Å²) in [6, 6.07) is 0. The van der Waals surface area contributed by atoms with Crippen LogP contribution in [0.3, 0.4) is 0 Å². The van der Waals surface area contributed by atoms with Gasteiger partial charge in [-0.25, -0.2) is 14.8 Å². The summed E-state index contributed by atoms with van der Waals surface area (Å²) >= 11 is 1.33. The lowest BCUT2D eigenvalue weighted by molar-refractivity contribution is 0.0685. The third kappa shape index (κ3) is 3.30. The summed E-state index contributed by atoms with van der Waals surface area (Å²) in [4.78, 5) is 19.9. The quantitative estimate of drug-likeness (QED) is 0.641. The fraction of sp³-hybridized carbons (Fsp3) is 0.643. The van der Waals surface area contributed by atoms with Crippen molar-refractivity contribution < 1.29 is 15.0 Å². The van der Waals surface area contributed by atoms with Gasteiger partial charge >= 0.3 is 5.97 Å². The number of aromatic carboxylic acids is 1. The summed E-state index contributed by atoms with van der Waals surface area (Å²) < 4.78 is 0. The Morgan fingerprint density at radius 1 is 1.35 bits per heavy atom. The molecule has 110 valence electrons. The smallest absolute Gasteiger partial charge is 0.340 e. The fourth-order valence-corrected chi connectivity index (χ4v) is 3.73. The van der Waals surface area contributed by atoms with Crippen molar-refractivity contribution in [1.29, 1.82) is 0 Å². The predicted molar refractivity (Wildman–Crippen MR) is 77.2 cm³/mol. The Bertz CT molecular complexity index is 513. The van der Waals surface area contributed by atoms with Crippen molar-refractivity contribution in [2.24, 2.45) is 0 Å². The third-order valence-electron chi connectivity index (χ3n) is 3.64. The minimum atomic E-state index is -1.01. The van der Waals surface area contributed by atoms with Gasteiger partial charge in [-0.15, -0.1) is 11.8 Å². The van der Waals surface area contributed by atoms with Gasteiger partial charge < -0.3 is 10.2 Å². The molecule has 20 heavy (non-hydrogen) atoms. The summed E-state index contributed by atoms with van der Waals surface area (Å²) in [5, 5.41) is 20.2. The maximum Gasteiger partial charge on any atom is 0.340 e. The molecule has 0 unspecified atom stereocenters. The van der Waals surface area contributed by atoms with Crippen LogP contribution in [-0.2, 0) is 6.42 Å². The summed E-state index contributed by atoms with van der Waals surface area (Å²) in [5.41, 5.74) is -0.0230. The normalized spacial score (nSPS) is 17.4. The van der Waals surface area contributed by atoms with Gasteiger partial charge in [-0.3, -0.25) is 0 Å². The molecule has 5 nitrogen and oxygen atoms in total. The molecule has 0 bridgehead atoms. The monoisotopic (exact) mass is 296 g/mol. The predicted octanol–water partition coefficient (Wildman–Crippen LogP) is 2.44. The van der Waals surface area contributed by atoms with Gasteiger partial charge in [0.15, 0.2) is 0 Å². The topological polar surface area (TPSA) is 83.3 Å². The second kappa shape index (κ2) is 6.10. The van der Waals surface area contributed by atoms with Crippen LogP contribution in [0.2, 0.25) is 0 Å². The lowest BCUT2D eigenvalue weighted by Crippen LogP contribution is -2.27. The van der Waals surface area contributed by atoms with Gasteiger partial charge in [0.1, 0.15) is 16.4 Å². The number of aryl methyl sites for hydroxylation is 2. The van der Waals surface area contributed by atoms with Gasteiger partial charge in [0.05, 0.1) is 11.3 Å². The molecule has 0 radical (unpaired) electrons. The minimum Gasteiger partial charge on any atom is -0.478 e. The first-order valence-corrected chi connectivity index (χ1v) is 7.90. The molecule has 1 aliphatic carbocycles. The van der Waals surface area contributed by atoms with Gasteiger partial charge in [0.2, 0.25) is 0 Å². The summed E-state index contributed by atoms with van der Waals surface area (Å²) in [6.45, 7) is 3.63. The molecule has 1 fully saturated rings. The van der Waals surface area contributed by atoms with Crippen LogP contribution in [0.4, 0.5) is 0 Å². The number of rotatable bonds is 5. The average Bonchev–Trinajstić information content (AvgIpc) is 2.82. The largest absolute Gasteiger partial charge is 0.478 e. The van der Waals surface area contributed by atoms with Crippen LogP contribution in [0, 0.1) is 6.92 Å². The van der Waals surface area contributed by atoms with E-state index in [1.165, 1.54) is 11.8 Å². The number of carboxylic acid groups (broad SMARTS) is 1. The van der Waals surface area contributed by atoms with Crippen LogP contribution in [0.5, 0.6) is 0 Å². The zero-order valence-electron chi connectivity index (χ0n) is 11.8. The number of hydrogen-bond donors (Lipinski definition) is 2. The molecule has 2 rings (SSSR count). The average molecular weight is 296 g/mol. The van der Waals surface area contributed by atoms with Gasteiger partial charge in [-0.05, 0) is 19.8 Å². The lowest BCUT2D eigenvalue weighted by atomic mass is 10.1. The van der Waals surface area contributed by atoms with Crippen LogP contribution in [-0.4, -0.2) is 37.5 Å². The van der Waals surface area contributed by atoms with Crippen molar-refractivity contribution in [3.63, 3.8) is 0 Å². The molecule has 1 aromatic heterocycles. The second-order valence-corrected chi connectivity index (χ2v) is 6.25. The summed E-state index contributed by atoms with van der Waals surface area (Å²) in [7, 11) is 0. The van der Waals surface area contributed by atoms with Crippen LogP contribution >= 0.6 is 11.8 Å². The van der Waals surface area contributed by atoms with Crippen LogP contribution in [0.25, 0.3) is 0 Å². The molecule has 1 aliphatic rings. The number of aliphatic hydroxyl groups is 1. The first kappa shape index (κ1) is 15.3. The van der Waals surface area contributed by atoms with Gasteiger partial charge in [0, 0.05) is 12.2 Å². The van der Waals surface area contributed by atoms with E-state index in [1.807, 2.05) is 6.92 Å². The minimum absolute atomic E-state index is 0.161. The molecule has 0 spiro atoms. The molecule has 2 N–H and O–H groups in total. The highest BCUT2D eigenvalue weighted by molar-refractivity contribution is 7.99. The fourth-order valence-electron chi connectivity index (χ4n) is 2.49. The molecule has 0 atom stereocenters. The summed E-state index contributed by atoms with van der Waals surface area (Å²) in [6.07, 6.45) is 4.30. The Labute approximate surface area is 122 Å². The highest BCUT2D eigenvalue weighted by Gasteiger charge is 2.32. The molecule has 1 saturated carbocycles. The number of hydrogen-bond acceptors (Lipinski definition) is 5. The van der Waals surface area contributed by atoms with E-state index in [-0.39, 0.29) is 5.56 Å². The van der Waals surface area contributed by atoms with Gasteiger partial charge in [-0.1, -0.05) is 19.8 Å². The maximum atomic E-state index is 11.4. The molecular weight excluding hydrogens is 276 g/mol. The highest BCUT2D eigenvalue weighted by atomic mass is 32.2. The zero-order valence-corrected chi connectivity index (χ0v) is 12.7. The van der Waals surface area contributed by atoms with E-state index < -0.39 is 11.6 Å². The van der Waals surface area contributed by atoms with Crippen molar-refractivity contribution in [2.45, 2.75) is 56.6 Å². The molecule has 6 heteroatoms. The second-order valence-electron chi connectivity index (χ2n) is 5.28. The van der Waals surface area contributed by atoms with Crippen LogP contribution in [0.15, 0.2) is 5.03 Å². The Kier molecular flexibility index (Phi) is 4.65. The number of thioether (sulfide) groups is 1. The maximum absolute atomic E-state index is 11.4. The molecule has 1 heterocycles. The number of carboxylic acids is 1. The van der Waals surface area contributed by atoms with Crippen LogP contribution in [0.1, 0.15) is 54.5 Å². The number of carbonyl (C=O) groups is 1. The molecule has 0 amide bonds. The highest BCUT2D eigenvalue weighted by Crippen LogP contribution is 2.35. The van der Waals surface area contributed by atoms with Gasteiger partial charge in [-0.2, -0.15) is 0 Å². The lowest BCUT2D eigenvalue weighted by Gasteiger charge is -2.21. The van der Waals surface area contributed by atoms with Crippen LogP contribution < -0.4 is 0 Å². The number of aromatic nitrogens is 2. The number of nitrogens with zero attached hydrogens (tertiary/aromatic N) is 2. The molecule has 0 aromatic carbocycles. The standard InChI is InChI=1S/C14H20N2O3S/c1-3-10-15-9(2)11(13(17)18)12(16-10)20-8-14(19)6-4-5-7-14/h19H,3-8H2,1-2H3,(H,17,18). The first-order valence-electron chi connectivity index (χ1n) is 6.91. The van der Waals surface area contributed by atoms with E-state index >= 15 is 0 Å². The third-order valence-corrected chi connectivity index (χ3v) is 4.90. The zero-order chi connectivity index (χ0) is 14.8. The molecule has 1 aromatic rings. The Morgan fingerprint density at radius 3 is 2.55 bits per heavy atom. The van der Waals surface area contributed by atoms with E-state index in [0.717, 1.165) is 25.7 Å². The van der Waals surface area contributed by atoms with E-state index in [2.05, 4.69) is 9.97 Å². The van der Waals surface area contributed by atoms with E-state index in [1.54, 1.807) is 6.92 Å². The molecule has 0 saturated heterocycles. The Hall–Kier alpha value is -1.14. The summed E-state index contributed by atoms with van der Waals surface area (Å²) in [5.74, 6) is 0.131. The first-order chi connectivity index (χ1) is 9.45. The van der Waals surface area contributed by atoms with Crippen molar-refractivity contribution in [3.8, 4) is 0 Å². The van der Waals surface area contributed by atoms with E-state index in [9.17, 15) is 15.0 Å². The van der Waals surface area contributed by atoms with E-state index in [0.29, 0.717) is 28.7 Å². The Morgan fingerprint density at radius 2 is 2.00 bits per heavy atom.